The van der Waals surface area contributed by atoms with Crippen LogP contribution in [0.1, 0.15) is 29.3 Å². The number of ether oxygens (including phenoxy) is 1. The molecule has 3 aromatic carbocycles. The van der Waals surface area contributed by atoms with Crippen molar-refractivity contribution in [2.24, 2.45) is 0 Å². The molecule has 0 spiro atoms. The lowest BCUT2D eigenvalue weighted by atomic mass is 9.99. The van der Waals surface area contributed by atoms with E-state index >= 15 is 0 Å². The van der Waals surface area contributed by atoms with Gasteiger partial charge in [0.25, 0.3) is 0 Å². The van der Waals surface area contributed by atoms with E-state index < -0.39 is 0 Å². The number of aromatic nitrogens is 1. The van der Waals surface area contributed by atoms with Crippen molar-refractivity contribution < 1.29 is 4.74 Å². The Hall–Kier alpha value is -2.56. The van der Waals surface area contributed by atoms with E-state index in [2.05, 4.69) is 62.9 Å². The molecule has 1 heterocycles. The molecule has 0 fully saturated rings. The molecule has 0 saturated heterocycles. The Balaban J connectivity index is 1.88. The van der Waals surface area contributed by atoms with Crippen molar-refractivity contribution in [3.8, 4) is 17.0 Å². The van der Waals surface area contributed by atoms with Crippen LogP contribution in [0.3, 0.4) is 0 Å². The van der Waals surface area contributed by atoms with Crippen molar-refractivity contribution in [2.75, 3.05) is 18.6 Å². The molecule has 0 bridgehead atoms. The van der Waals surface area contributed by atoms with Crippen LogP contribution in [0.15, 0.2) is 48.5 Å². The highest BCUT2D eigenvalue weighted by Gasteiger charge is 2.21. The number of aryl methyl sites for hydroxylation is 2. The second kappa shape index (κ2) is 8.89. The molecule has 3 nitrogen and oxygen atoms in total. The van der Waals surface area contributed by atoms with Crippen molar-refractivity contribution >= 4 is 44.5 Å². The van der Waals surface area contributed by atoms with Crippen LogP contribution in [0.25, 0.3) is 22.0 Å². The maximum absolute atomic E-state index is 6.58. The molecule has 0 aliphatic rings. The number of hydrogen-bond acceptors (Lipinski definition) is 4. The van der Waals surface area contributed by atoms with Gasteiger partial charge in [0.1, 0.15) is 5.75 Å². The Labute approximate surface area is 193 Å². The monoisotopic (exact) mass is 450 g/mol. The van der Waals surface area contributed by atoms with Crippen LogP contribution in [0.4, 0.5) is 10.8 Å². The molecule has 4 aromatic rings. The predicted octanol–water partition coefficient (Wildman–Crippen LogP) is 8.10. The van der Waals surface area contributed by atoms with E-state index in [1.54, 1.807) is 18.4 Å². The van der Waals surface area contributed by atoms with Gasteiger partial charge >= 0.3 is 0 Å². The third-order valence-corrected chi connectivity index (χ3v) is 7.01. The third kappa shape index (κ3) is 4.02. The molecule has 0 N–H and O–H groups in total. The van der Waals surface area contributed by atoms with Crippen molar-refractivity contribution in [3.05, 3.63) is 69.6 Å². The van der Waals surface area contributed by atoms with E-state index in [9.17, 15) is 0 Å². The van der Waals surface area contributed by atoms with E-state index in [4.69, 9.17) is 21.3 Å². The number of rotatable bonds is 6. The standard InChI is InChI=1S/C26H27ClN2OS/c1-6-13-29(25-17(3)16(2)14-19-9-7-8-10-21(19)25)26-28-24(18(4)31-26)22-12-11-20(30-5)15-23(22)27/h7-12,14-15H,6,13H2,1-5H3. The molecule has 0 aliphatic carbocycles. The normalized spacial score (nSPS) is 11.2. The number of anilines is 2. The fraction of sp³-hybridized carbons (Fsp3) is 0.269. The van der Waals surface area contributed by atoms with Crippen LogP contribution >= 0.6 is 22.9 Å². The minimum absolute atomic E-state index is 0.651. The van der Waals surface area contributed by atoms with Gasteiger partial charge in [-0.3, -0.25) is 0 Å². The summed E-state index contributed by atoms with van der Waals surface area (Å²) in [6.45, 7) is 9.62. The first-order valence-electron chi connectivity index (χ1n) is 10.5. The molecular weight excluding hydrogens is 424 g/mol. The van der Waals surface area contributed by atoms with Gasteiger partial charge in [-0.05, 0) is 61.9 Å². The largest absolute Gasteiger partial charge is 0.497 e. The third-order valence-electron chi connectivity index (χ3n) is 5.70. The molecule has 31 heavy (non-hydrogen) atoms. The lowest BCUT2D eigenvalue weighted by molar-refractivity contribution is 0.415. The quantitative estimate of drug-likeness (QED) is 0.296. The lowest BCUT2D eigenvalue weighted by Gasteiger charge is -2.26. The minimum Gasteiger partial charge on any atom is -0.497 e. The van der Waals surface area contributed by atoms with E-state index in [-0.39, 0.29) is 0 Å². The van der Waals surface area contributed by atoms with Crippen molar-refractivity contribution in [1.29, 1.82) is 0 Å². The fourth-order valence-corrected chi connectivity index (χ4v) is 5.22. The second-order valence-electron chi connectivity index (χ2n) is 7.79. The average Bonchev–Trinajstić information content (AvgIpc) is 3.14. The first kappa shape index (κ1) is 21.7. The van der Waals surface area contributed by atoms with Crippen LogP contribution in [0.5, 0.6) is 5.75 Å². The van der Waals surface area contributed by atoms with Gasteiger partial charge < -0.3 is 9.64 Å². The summed E-state index contributed by atoms with van der Waals surface area (Å²) >= 11 is 8.30. The van der Waals surface area contributed by atoms with Gasteiger partial charge in [0.05, 0.1) is 23.5 Å². The predicted molar refractivity (Wildman–Crippen MR) is 135 cm³/mol. The fourth-order valence-electron chi connectivity index (χ4n) is 4.01. The maximum atomic E-state index is 6.58. The zero-order chi connectivity index (χ0) is 22.1. The number of halogens is 1. The molecule has 0 unspecified atom stereocenters. The van der Waals surface area contributed by atoms with Crippen LogP contribution in [-0.4, -0.2) is 18.6 Å². The van der Waals surface area contributed by atoms with Gasteiger partial charge in [0.15, 0.2) is 5.13 Å². The van der Waals surface area contributed by atoms with Gasteiger partial charge in [0, 0.05) is 22.4 Å². The maximum Gasteiger partial charge on any atom is 0.190 e. The van der Waals surface area contributed by atoms with E-state index in [1.807, 2.05) is 18.2 Å². The van der Waals surface area contributed by atoms with Crippen molar-refractivity contribution in [1.82, 2.24) is 4.98 Å². The first-order valence-corrected chi connectivity index (χ1v) is 11.7. The molecule has 0 aliphatic heterocycles. The Morgan fingerprint density at radius 2 is 1.84 bits per heavy atom. The topological polar surface area (TPSA) is 25.4 Å². The second-order valence-corrected chi connectivity index (χ2v) is 9.38. The molecule has 4 rings (SSSR count). The van der Waals surface area contributed by atoms with Crippen LogP contribution in [0, 0.1) is 20.8 Å². The summed E-state index contributed by atoms with van der Waals surface area (Å²) in [6.07, 6.45) is 1.03. The summed E-state index contributed by atoms with van der Waals surface area (Å²) in [5, 5.41) is 4.17. The zero-order valence-corrected chi connectivity index (χ0v) is 20.2. The van der Waals surface area contributed by atoms with E-state index in [1.165, 1.54) is 27.6 Å². The van der Waals surface area contributed by atoms with Gasteiger partial charge in [-0.15, -0.1) is 11.3 Å². The summed E-state index contributed by atoms with van der Waals surface area (Å²) in [5.74, 6) is 0.747. The lowest BCUT2D eigenvalue weighted by Crippen LogP contribution is -2.19. The Morgan fingerprint density at radius 3 is 2.55 bits per heavy atom. The molecule has 0 amide bonds. The number of methoxy groups -OCH3 is 1. The van der Waals surface area contributed by atoms with Gasteiger partial charge in [0.2, 0.25) is 0 Å². The molecule has 5 heteroatoms. The number of benzene rings is 3. The van der Waals surface area contributed by atoms with Gasteiger partial charge in [-0.1, -0.05) is 48.9 Å². The smallest absolute Gasteiger partial charge is 0.190 e. The summed E-state index contributed by atoms with van der Waals surface area (Å²) in [7, 11) is 1.65. The highest BCUT2D eigenvalue weighted by atomic mass is 35.5. The van der Waals surface area contributed by atoms with Gasteiger partial charge in [-0.2, -0.15) is 0 Å². The Morgan fingerprint density at radius 1 is 1.06 bits per heavy atom. The summed E-state index contributed by atoms with van der Waals surface area (Å²) in [5.41, 5.74) is 5.71. The minimum atomic E-state index is 0.651. The van der Waals surface area contributed by atoms with Crippen LogP contribution in [0.2, 0.25) is 5.02 Å². The van der Waals surface area contributed by atoms with Crippen LogP contribution in [-0.2, 0) is 0 Å². The van der Waals surface area contributed by atoms with E-state index in [0.29, 0.717) is 5.02 Å². The van der Waals surface area contributed by atoms with Crippen molar-refractivity contribution in [2.45, 2.75) is 34.1 Å². The van der Waals surface area contributed by atoms with Crippen molar-refractivity contribution in [3.63, 3.8) is 0 Å². The number of fused-ring (bicyclic) bond motifs is 1. The summed E-state index contributed by atoms with van der Waals surface area (Å²) in [6, 6.07) is 16.6. The highest BCUT2D eigenvalue weighted by molar-refractivity contribution is 7.16. The highest BCUT2D eigenvalue weighted by Crippen LogP contribution is 2.42. The Kier molecular flexibility index (Phi) is 6.22. The summed E-state index contributed by atoms with van der Waals surface area (Å²) in [4.78, 5) is 8.62. The average molecular weight is 451 g/mol. The molecule has 1 aromatic heterocycles. The summed E-state index contributed by atoms with van der Waals surface area (Å²) < 4.78 is 5.30. The first-order chi connectivity index (χ1) is 14.9. The molecule has 0 atom stereocenters. The molecule has 0 saturated carbocycles. The number of nitrogens with zero attached hydrogens (tertiary/aromatic N) is 2. The molecular formula is C26H27ClN2OS. The SMILES string of the molecule is CCCN(c1nc(-c2ccc(OC)cc2Cl)c(C)s1)c1c(C)c(C)cc2ccccc12. The van der Waals surface area contributed by atoms with E-state index in [0.717, 1.165) is 40.0 Å². The van der Waals surface area contributed by atoms with Crippen LogP contribution < -0.4 is 9.64 Å². The molecule has 160 valence electrons. The molecule has 0 radical (unpaired) electrons. The zero-order valence-electron chi connectivity index (χ0n) is 18.6. The number of hydrogen-bond donors (Lipinski definition) is 0. The van der Waals surface area contributed by atoms with Gasteiger partial charge in [-0.25, -0.2) is 4.98 Å². The Bertz CT molecular complexity index is 1250. The number of thiazole rings is 1.